The van der Waals surface area contributed by atoms with E-state index in [1.54, 1.807) is 23.9 Å². The van der Waals surface area contributed by atoms with E-state index in [2.05, 4.69) is 0 Å². The summed E-state index contributed by atoms with van der Waals surface area (Å²) in [5.41, 5.74) is 0.734. The van der Waals surface area contributed by atoms with Crippen LogP contribution in [-0.2, 0) is 11.2 Å². The molecule has 1 atom stereocenters. The smallest absolute Gasteiger partial charge is 0.146 e. The minimum atomic E-state index is -0.410. The third-order valence-corrected chi connectivity index (χ3v) is 4.07. The van der Waals surface area contributed by atoms with Crippen molar-refractivity contribution in [3.05, 3.63) is 34.6 Å². The van der Waals surface area contributed by atoms with E-state index in [9.17, 15) is 9.18 Å². The van der Waals surface area contributed by atoms with Gasteiger partial charge >= 0.3 is 0 Å². The van der Waals surface area contributed by atoms with Crippen LogP contribution in [0.25, 0.3) is 0 Å². The second-order valence-electron chi connectivity index (χ2n) is 3.60. The largest absolute Gasteiger partial charge is 0.298 e. The van der Waals surface area contributed by atoms with E-state index >= 15 is 0 Å². The highest BCUT2D eigenvalue weighted by Gasteiger charge is 2.25. The quantitative estimate of drug-likeness (QED) is 0.796. The van der Waals surface area contributed by atoms with Crippen LogP contribution in [0.15, 0.2) is 18.2 Å². The molecule has 0 bridgehead atoms. The molecule has 0 spiro atoms. The van der Waals surface area contributed by atoms with Crippen molar-refractivity contribution in [2.75, 3.05) is 11.5 Å². The van der Waals surface area contributed by atoms with Crippen molar-refractivity contribution in [3.63, 3.8) is 0 Å². The molecule has 0 N–H and O–H groups in total. The fourth-order valence-corrected chi connectivity index (χ4v) is 3.00. The summed E-state index contributed by atoms with van der Waals surface area (Å²) in [7, 11) is 0. The lowest BCUT2D eigenvalue weighted by atomic mass is 9.98. The minimum absolute atomic E-state index is 0.00861. The molecule has 1 saturated heterocycles. The highest BCUT2D eigenvalue weighted by Crippen LogP contribution is 2.28. The average Bonchev–Trinajstić information content (AvgIpc) is 2.60. The summed E-state index contributed by atoms with van der Waals surface area (Å²) in [6, 6.07) is 4.74. The van der Waals surface area contributed by atoms with Crippen LogP contribution in [0.4, 0.5) is 4.39 Å². The van der Waals surface area contributed by atoms with Crippen LogP contribution in [0.5, 0.6) is 0 Å². The zero-order valence-electron chi connectivity index (χ0n) is 8.00. The van der Waals surface area contributed by atoms with Gasteiger partial charge in [0.2, 0.25) is 0 Å². The van der Waals surface area contributed by atoms with Crippen LogP contribution in [0.1, 0.15) is 5.56 Å². The van der Waals surface area contributed by atoms with Crippen molar-refractivity contribution < 1.29 is 9.18 Å². The number of Topliss-reactive ketones (excluding diaryl/α,β-unsaturated/α-hetero) is 1. The summed E-state index contributed by atoms with van der Waals surface area (Å²) in [6.45, 7) is 0. The van der Waals surface area contributed by atoms with Gasteiger partial charge in [-0.2, -0.15) is 11.8 Å². The summed E-state index contributed by atoms with van der Waals surface area (Å²) in [5, 5.41) is 0.155. The number of hydrogen-bond donors (Lipinski definition) is 0. The Bertz CT molecular complexity index is 394. The molecule has 15 heavy (non-hydrogen) atoms. The summed E-state index contributed by atoms with van der Waals surface area (Å²) in [6.07, 6.45) is 0.558. The Morgan fingerprint density at radius 3 is 3.00 bits per heavy atom. The van der Waals surface area contributed by atoms with Crippen molar-refractivity contribution >= 4 is 29.1 Å². The standard InChI is InChI=1S/C11H10ClFOS/c12-11-7(2-1-3-9(11)13)4-8-5-15-6-10(8)14/h1-3,8H,4-6H2. The molecule has 0 radical (unpaired) electrons. The molecule has 1 aromatic carbocycles. The Morgan fingerprint density at radius 2 is 2.33 bits per heavy atom. The van der Waals surface area contributed by atoms with Crippen LogP contribution in [0, 0.1) is 11.7 Å². The summed E-state index contributed by atoms with van der Waals surface area (Å²) < 4.78 is 13.1. The van der Waals surface area contributed by atoms with Gasteiger partial charge in [0.05, 0.1) is 10.8 Å². The van der Waals surface area contributed by atoms with Gasteiger partial charge in [-0.15, -0.1) is 0 Å². The monoisotopic (exact) mass is 244 g/mol. The number of ketones is 1. The molecule has 0 aliphatic carbocycles. The normalized spacial score (nSPS) is 20.9. The number of rotatable bonds is 2. The van der Waals surface area contributed by atoms with Crippen molar-refractivity contribution in [1.29, 1.82) is 0 Å². The van der Waals surface area contributed by atoms with Gasteiger partial charge in [0.1, 0.15) is 11.6 Å². The maximum Gasteiger partial charge on any atom is 0.146 e. The minimum Gasteiger partial charge on any atom is -0.298 e. The lowest BCUT2D eigenvalue weighted by molar-refractivity contribution is -0.119. The van der Waals surface area contributed by atoms with E-state index in [0.29, 0.717) is 12.2 Å². The molecule has 1 aliphatic heterocycles. The van der Waals surface area contributed by atoms with E-state index in [0.717, 1.165) is 11.3 Å². The van der Waals surface area contributed by atoms with Gasteiger partial charge in [-0.1, -0.05) is 23.7 Å². The first-order chi connectivity index (χ1) is 7.18. The van der Waals surface area contributed by atoms with Crippen LogP contribution in [0.3, 0.4) is 0 Å². The first-order valence-corrected chi connectivity index (χ1v) is 6.25. The number of hydrogen-bond acceptors (Lipinski definition) is 2. The third-order valence-electron chi connectivity index (χ3n) is 2.52. The van der Waals surface area contributed by atoms with Crippen molar-refractivity contribution in [3.8, 4) is 0 Å². The Morgan fingerprint density at radius 1 is 1.53 bits per heavy atom. The third kappa shape index (κ3) is 2.34. The molecule has 1 fully saturated rings. The van der Waals surface area contributed by atoms with Gasteiger partial charge in [0, 0.05) is 11.7 Å². The highest BCUT2D eigenvalue weighted by molar-refractivity contribution is 8.00. The highest BCUT2D eigenvalue weighted by atomic mass is 35.5. The molecule has 2 rings (SSSR count). The number of thioether (sulfide) groups is 1. The zero-order chi connectivity index (χ0) is 10.8. The summed E-state index contributed by atoms with van der Waals surface area (Å²) in [4.78, 5) is 11.4. The maximum absolute atomic E-state index is 13.1. The van der Waals surface area contributed by atoms with Crippen molar-refractivity contribution in [2.24, 2.45) is 5.92 Å². The zero-order valence-corrected chi connectivity index (χ0v) is 9.58. The molecule has 1 aliphatic rings. The molecular formula is C11H10ClFOS. The van der Waals surface area contributed by atoms with Gasteiger partial charge in [0.25, 0.3) is 0 Å². The van der Waals surface area contributed by atoms with Crippen molar-refractivity contribution in [1.82, 2.24) is 0 Å². The van der Waals surface area contributed by atoms with Gasteiger partial charge in [-0.25, -0.2) is 4.39 Å². The molecule has 0 saturated carbocycles. The van der Waals surface area contributed by atoms with Gasteiger partial charge in [0.15, 0.2) is 0 Å². The lowest BCUT2D eigenvalue weighted by Crippen LogP contribution is -2.14. The Hall–Kier alpha value is -0.540. The number of carbonyl (C=O) groups is 1. The molecule has 1 heterocycles. The summed E-state index contributed by atoms with van der Waals surface area (Å²) in [5.74, 6) is 1.26. The molecule has 1 nitrogen and oxygen atoms in total. The van der Waals surface area contributed by atoms with E-state index in [1.807, 2.05) is 0 Å². The van der Waals surface area contributed by atoms with Gasteiger partial charge < -0.3 is 0 Å². The number of carbonyl (C=O) groups excluding carboxylic acids is 1. The number of benzene rings is 1. The van der Waals surface area contributed by atoms with E-state index in [1.165, 1.54) is 6.07 Å². The topological polar surface area (TPSA) is 17.1 Å². The van der Waals surface area contributed by atoms with E-state index < -0.39 is 5.82 Å². The summed E-state index contributed by atoms with van der Waals surface area (Å²) >= 11 is 7.46. The fourth-order valence-electron chi connectivity index (χ4n) is 1.66. The molecule has 1 unspecified atom stereocenters. The Balaban J connectivity index is 2.17. The SMILES string of the molecule is O=C1CSCC1Cc1cccc(F)c1Cl. The Labute approximate surface area is 97.0 Å². The molecule has 80 valence electrons. The van der Waals surface area contributed by atoms with Crippen LogP contribution >= 0.6 is 23.4 Å². The van der Waals surface area contributed by atoms with E-state index in [4.69, 9.17) is 11.6 Å². The predicted octanol–water partition coefficient (Wildman–Crippen LogP) is 2.95. The average molecular weight is 245 g/mol. The molecule has 0 amide bonds. The van der Waals surface area contributed by atoms with E-state index in [-0.39, 0.29) is 16.7 Å². The fraction of sp³-hybridized carbons (Fsp3) is 0.364. The predicted molar refractivity (Wildman–Crippen MR) is 60.9 cm³/mol. The number of halogens is 2. The molecule has 1 aromatic rings. The van der Waals surface area contributed by atoms with Crippen molar-refractivity contribution in [2.45, 2.75) is 6.42 Å². The first-order valence-electron chi connectivity index (χ1n) is 4.72. The second kappa shape index (κ2) is 4.54. The van der Waals surface area contributed by atoms with Gasteiger partial charge in [-0.3, -0.25) is 4.79 Å². The molecular weight excluding hydrogens is 235 g/mol. The molecule has 0 aromatic heterocycles. The first kappa shape index (κ1) is 11.0. The van der Waals surface area contributed by atoms with Crippen LogP contribution in [-0.4, -0.2) is 17.3 Å². The van der Waals surface area contributed by atoms with Crippen LogP contribution < -0.4 is 0 Å². The van der Waals surface area contributed by atoms with Gasteiger partial charge in [-0.05, 0) is 18.1 Å². The second-order valence-corrected chi connectivity index (χ2v) is 5.00. The molecule has 4 heteroatoms. The lowest BCUT2D eigenvalue weighted by Gasteiger charge is -2.08. The Kier molecular flexibility index (Phi) is 3.32. The van der Waals surface area contributed by atoms with Crippen LogP contribution in [0.2, 0.25) is 5.02 Å². The maximum atomic E-state index is 13.1.